The van der Waals surface area contributed by atoms with Gasteiger partial charge in [-0.05, 0) is 24.3 Å². The van der Waals surface area contributed by atoms with Crippen LogP contribution >= 0.6 is 0 Å². The van der Waals surface area contributed by atoms with Crippen molar-refractivity contribution in [2.75, 3.05) is 18.5 Å². The van der Waals surface area contributed by atoms with Gasteiger partial charge in [0.25, 0.3) is 0 Å². The first-order chi connectivity index (χ1) is 11.4. The molecule has 24 heavy (non-hydrogen) atoms. The van der Waals surface area contributed by atoms with Gasteiger partial charge in [-0.25, -0.2) is 14.8 Å². The van der Waals surface area contributed by atoms with Gasteiger partial charge in [0, 0.05) is 12.7 Å². The molecule has 9 heteroatoms. The average molecular weight is 327 g/mol. The van der Waals surface area contributed by atoms with E-state index in [-0.39, 0.29) is 11.5 Å². The van der Waals surface area contributed by atoms with Crippen molar-refractivity contribution in [2.45, 2.75) is 12.2 Å². The Morgan fingerprint density at radius 2 is 2.00 bits per heavy atom. The van der Waals surface area contributed by atoms with E-state index >= 15 is 0 Å². The molecule has 0 bridgehead atoms. The molecule has 2 atom stereocenters. The highest BCUT2D eigenvalue weighted by Crippen LogP contribution is 2.16. The third-order valence-corrected chi connectivity index (χ3v) is 3.70. The second-order valence-electron chi connectivity index (χ2n) is 5.48. The smallest absolute Gasteiger partial charge is 0.335 e. The van der Waals surface area contributed by atoms with E-state index in [0.29, 0.717) is 12.4 Å². The van der Waals surface area contributed by atoms with Crippen LogP contribution < -0.4 is 16.4 Å². The van der Waals surface area contributed by atoms with Gasteiger partial charge in [-0.15, -0.1) is 0 Å². The molecule has 2 unspecified atom stereocenters. The Kier molecular flexibility index (Phi) is 4.09. The standard InChI is InChI=1S/C15H17N7O2/c1-22(10-4-2-8(3-5-10)14(23)24)7-9-6-18-13-11(19-9)12(16)20-15(17)21-13/h2-6,11-12H,7,16H2,1H3,(H2,17,20)(H,23,24). The molecule has 2 aliphatic rings. The minimum Gasteiger partial charge on any atom is -0.478 e. The van der Waals surface area contributed by atoms with Gasteiger partial charge in [-0.1, -0.05) is 0 Å². The van der Waals surface area contributed by atoms with Crippen LogP contribution in [0, 0.1) is 0 Å². The molecule has 124 valence electrons. The normalized spacial score (nSPS) is 22.2. The second kappa shape index (κ2) is 6.20. The monoisotopic (exact) mass is 327 g/mol. The van der Waals surface area contributed by atoms with E-state index in [1.54, 1.807) is 30.5 Å². The number of rotatable bonds is 4. The molecule has 0 saturated heterocycles. The Morgan fingerprint density at radius 3 is 2.67 bits per heavy atom. The van der Waals surface area contributed by atoms with Crippen molar-refractivity contribution in [2.24, 2.45) is 31.4 Å². The lowest BCUT2D eigenvalue weighted by Gasteiger charge is -2.26. The minimum atomic E-state index is -0.953. The summed E-state index contributed by atoms with van der Waals surface area (Å²) >= 11 is 0. The van der Waals surface area contributed by atoms with Crippen molar-refractivity contribution in [3.05, 3.63) is 29.8 Å². The molecule has 1 aromatic rings. The number of amidine groups is 1. The molecule has 2 heterocycles. The number of aromatic carboxylic acids is 1. The highest BCUT2D eigenvalue weighted by molar-refractivity contribution is 6.36. The molecule has 9 nitrogen and oxygen atoms in total. The predicted molar refractivity (Wildman–Crippen MR) is 93.4 cm³/mol. The van der Waals surface area contributed by atoms with Gasteiger partial charge in [0.05, 0.1) is 24.0 Å². The first-order valence-corrected chi connectivity index (χ1v) is 7.27. The van der Waals surface area contributed by atoms with Crippen molar-refractivity contribution in [1.82, 2.24) is 0 Å². The number of aliphatic imine (C=N–C) groups is 4. The quantitative estimate of drug-likeness (QED) is 0.697. The number of hydrogen-bond acceptors (Lipinski definition) is 8. The third-order valence-electron chi connectivity index (χ3n) is 3.70. The van der Waals surface area contributed by atoms with Crippen LogP contribution in [0.5, 0.6) is 0 Å². The van der Waals surface area contributed by atoms with Crippen LogP contribution in [-0.4, -0.2) is 60.6 Å². The van der Waals surface area contributed by atoms with E-state index in [1.165, 1.54) is 0 Å². The summed E-state index contributed by atoms with van der Waals surface area (Å²) in [6.45, 7) is 0.492. The molecular weight excluding hydrogens is 310 g/mol. The molecule has 0 amide bonds. The number of nitrogens with zero attached hydrogens (tertiary/aromatic N) is 5. The van der Waals surface area contributed by atoms with E-state index < -0.39 is 18.2 Å². The lowest BCUT2D eigenvalue weighted by Crippen LogP contribution is -2.45. The summed E-state index contributed by atoms with van der Waals surface area (Å²) < 4.78 is 0. The molecule has 0 radical (unpaired) electrons. The Balaban J connectivity index is 1.72. The summed E-state index contributed by atoms with van der Waals surface area (Å²) in [7, 11) is 1.88. The van der Waals surface area contributed by atoms with Gasteiger partial charge in [-0.3, -0.25) is 4.99 Å². The zero-order valence-corrected chi connectivity index (χ0v) is 13.0. The zero-order chi connectivity index (χ0) is 17.3. The average Bonchev–Trinajstić information content (AvgIpc) is 2.55. The highest BCUT2D eigenvalue weighted by Gasteiger charge is 2.29. The molecule has 0 saturated carbocycles. The van der Waals surface area contributed by atoms with Crippen molar-refractivity contribution in [3.63, 3.8) is 0 Å². The van der Waals surface area contributed by atoms with E-state index in [1.807, 2.05) is 11.9 Å². The molecule has 0 aromatic heterocycles. The summed E-state index contributed by atoms with van der Waals surface area (Å²) in [6.07, 6.45) is 1.04. The van der Waals surface area contributed by atoms with Gasteiger partial charge in [0.15, 0.2) is 5.84 Å². The van der Waals surface area contributed by atoms with Crippen LogP contribution in [0.2, 0.25) is 0 Å². The molecule has 2 aliphatic heterocycles. The van der Waals surface area contributed by atoms with Crippen LogP contribution in [0.25, 0.3) is 0 Å². The Bertz CT molecular complexity index is 780. The molecule has 1 aromatic carbocycles. The largest absolute Gasteiger partial charge is 0.478 e. The summed E-state index contributed by atoms with van der Waals surface area (Å²) in [5.41, 5.74) is 13.3. The Hall–Kier alpha value is -3.07. The summed E-state index contributed by atoms with van der Waals surface area (Å²) in [4.78, 5) is 29.7. The second-order valence-corrected chi connectivity index (χ2v) is 5.48. The molecule has 3 rings (SSSR count). The Labute approximate surface area is 138 Å². The summed E-state index contributed by atoms with van der Waals surface area (Å²) in [6, 6.07) is 6.18. The number of carboxylic acids is 1. The lowest BCUT2D eigenvalue weighted by atomic mass is 10.1. The SMILES string of the molecule is CN(CC1=NC2C(=NC(N)=NC2N)N=C1)c1ccc(C(=O)O)cc1. The van der Waals surface area contributed by atoms with Crippen LogP contribution in [0.3, 0.4) is 0 Å². The summed E-state index contributed by atoms with van der Waals surface area (Å²) in [5.74, 6) is -0.377. The number of carboxylic acid groups (broad SMARTS) is 1. The maximum absolute atomic E-state index is 10.9. The van der Waals surface area contributed by atoms with E-state index in [0.717, 1.165) is 11.4 Å². The van der Waals surface area contributed by atoms with Crippen molar-refractivity contribution >= 4 is 35.4 Å². The number of carbonyl (C=O) groups is 1. The molecular formula is C15H17N7O2. The number of guanidine groups is 1. The lowest BCUT2D eigenvalue weighted by molar-refractivity contribution is 0.0697. The minimum absolute atomic E-state index is 0.111. The van der Waals surface area contributed by atoms with Crippen LogP contribution in [-0.2, 0) is 0 Å². The fourth-order valence-electron chi connectivity index (χ4n) is 2.45. The van der Waals surface area contributed by atoms with Gasteiger partial charge < -0.3 is 21.5 Å². The maximum Gasteiger partial charge on any atom is 0.335 e. The van der Waals surface area contributed by atoms with E-state index in [2.05, 4.69) is 20.0 Å². The van der Waals surface area contributed by atoms with Crippen molar-refractivity contribution in [3.8, 4) is 0 Å². The fraction of sp³-hybridized carbons (Fsp3) is 0.267. The maximum atomic E-state index is 10.9. The predicted octanol–water partition coefficient (Wildman–Crippen LogP) is -0.273. The number of anilines is 1. The highest BCUT2D eigenvalue weighted by atomic mass is 16.4. The molecule has 5 N–H and O–H groups in total. The number of hydrogen-bond donors (Lipinski definition) is 3. The first kappa shape index (κ1) is 15.8. The molecule has 0 spiro atoms. The van der Waals surface area contributed by atoms with Gasteiger partial charge >= 0.3 is 5.97 Å². The van der Waals surface area contributed by atoms with E-state index in [9.17, 15) is 4.79 Å². The molecule has 0 fully saturated rings. The third kappa shape index (κ3) is 3.15. The molecule has 0 aliphatic carbocycles. The topological polar surface area (TPSA) is 142 Å². The fourth-order valence-corrected chi connectivity index (χ4v) is 2.45. The zero-order valence-electron chi connectivity index (χ0n) is 13.0. The Morgan fingerprint density at radius 1 is 1.29 bits per heavy atom. The van der Waals surface area contributed by atoms with Crippen molar-refractivity contribution in [1.29, 1.82) is 0 Å². The first-order valence-electron chi connectivity index (χ1n) is 7.27. The van der Waals surface area contributed by atoms with Crippen LogP contribution in [0.15, 0.2) is 44.2 Å². The van der Waals surface area contributed by atoms with Gasteiger partial charge in [-0.2, -0.15) is 4.99 Å². The van der Waals surface area contributed by atoms with Gasteiger partial charge in [0.2, 0.25) is 5.96 Å². The van der Waals surface area contributed by atoms with Gasteiger partial charge in [0.1, 0.15) is 12.2 Å². The van der Waals surface area contributed by atoms with E-state index in [4.69, 9.17) is 16.6 Å². The van der Waals surface area contributed by atoms with Crippen LogP contribution in [0.4, 0.5) is 5.69 Å². The van der Waals surface area contributed by atoms with Crippen molar-refractivity contribution < 1.29 is 9.90 Å². The number of fused-ring (bicyclic) bond motifs is 1. The number of benzene rings is 1. The van der Waals surface area contributed by atoms with Crippen LogP contribution in [0.1, 0.15) is 10.4 Å². The number of nitrogens with two attached hydrogens (primary N) is 2. The summed E-state index contributed by atoms with van der Waals surface area (Å²) in [5, 5.41) is 8.94.